The average molecular weight is 340 g/mol. The number of benzene rings is 2. The van der Waals surface area contributed by atoms with E-state index < -0.39 is 11.9 Å². The van der Waals surface area contributed by atoms with Crippen molar-refractivity contribution in [1.29, 1.82) is 0 Å². The minimum absolute atomic E-state index is 0.119. The zero-order valence-corrected chi connectivity index (χ0v) is 14.2. The van der Waals surface area contributed by atoms with Gasteiger partial charge in [0, 0.05) is 18.3 Å². The van der Waals surface area contributed by atoms with E-state index in [0.29, 0.717) is 11.3 Å². The highest BCUT2D eigenvalue weighted by Gasteiger charge is 2.09. The summed E-state index contributed by atoms with van der Waals surface area (Å²) >= 11 is 0. The number of carbonyl (C=O) groups excluding carboxylic acids is 3. The van der Waals surface area contributed by atoms with E-state index in [2.05, 4.69) is 10.6 Å². The maximum atomic E-state index is 11.8. The molecule has 0 saturated heterocycles. The van der Waals surface area contributed by atoms with Gasteiger partial charge in [0.2, 0.25) is 0 Å². The first-order valence-electron chi connectivity index (χ1n) is 7.81. The van der Waals surface area contributed by atoms with Crippen LogP contribution in [-0.4, -0.2) is 31.4 Å². The van der Waals surface area contributed by atoms with Gasteiger partial charge < -0.3 is 15.4 Å². The fourth-order valence-corrected chi connectivity index (χ4v) is 2.12. The minimum atomic E-state index is -0.464. The molecule has 6 heteroatoms. The van der Waals surface area contributed by atoms with Crippen molar-refractivity contribution in [1.82, 2.24) is 5.32 Å². The van der Waals surface area contributed by atoms with E-state index in [1.807, 2.05) is 31.2 Å². The van der Waals surface area contributed by atoms with Gasteiger partial charge in [-0.3, -0.25) is 14.4 Å². The number of ether oxygens (including phenoxy) is 1. The molecule has 2 rings (SSSR count). The van der Waals surface area contributed by atoms with Crippen LogP contribution in [0.1, 0.15) is 21.5 Å². The van der Waals surface area contributed by atoms with Crippen LogP contribution in [0.4, 0.5) is 5.69 Å². The molecule has 0 radical (unpaired) electrons. The van der Waals surface area contributed by atoms with Crippen LogP contribution in [0.3, 0.4) is 0 Å². The molecule has 25 heavy (non-hydrogen) atoms. The SMILES string of the molecule is CNC(=O)c1ccc(NC(=O)COC(=O)Cc2ccc(C)cc2)cc1. The lowest BCUT2D eigenvalue weighted by atomic mass is 10.1. The topological polar surface area (TPSA) is 84.5 Å². The fourth-order valence-electron chi connectivity index (χ4n) is 2.12. The third-order valence-corrected chi connectivity index (χ3v) is 3.49. The Morgan fingerprint density at radius 2 is 1.60 bits per heavy atom. The molecule has 0 bridgehead atoms. The summed E-state index contributed by atoms with van der Waals surface area (Å²) in [5.41, 5.74) is 2.96. The third-order valence-electron chi connectivity index (χ3n) is 3.49. The van der Waals surface area contributed by atoms with Crippen molar-refractivity contribution in [2.75, 3.05) is 19.0 Å². The highest BCUT2D eigenvalue weighted by atomic mass is 16.5. The van der Waals surface area contributed by atoms with E-state index in [-0.39, 0.29) is 18.9 Å². The molecule has 0 heterocycles. The Balaban J connectivity index is 1.79. The molecule has 0 saturated carbocycles. The van der Waals surface area contributed by atoms with Gasteiger partial charge in [-0.1, -0.05) is 29.8 Å². The molecule has 0 fully saturated rings. The number of carbonyl (C=O) groups is 3. The van der Waals surface area contributed by atoms with Crippen molar-refractivity contribution >= 4 is 23.5 Å². The molecule has 0 spiro atoms. The molecule has 0 aliphatic rings. The summed E-state index contributed by atoms with van der Waals surface area (Å²) in [6, 6.07) is 13.9. The van der Waals surface area contributed by atoms with Crippen molar-refractivity contribution in [3.8, 4) is 0 Å². The third kappa shape index (κ3) is 5.76. The molecule has 2 amide bonds. The Labute approximate surface area is 146 Å². The molecule has 130 valence electrons. The fraction of sp³-hybridized carbons (Fsp3) is 0.211. The summed E-state index contributed by atoms with van der Waals surface area (Å²) < 4.78 is 4.97. The number of nitrogens with one attached hydrogen (secondary N) is 2. The first-order valence-corrected chi connectivity index (χ1v) is 7.81. The molecule has 2 aromatic carbocycles. The maximum absolute atomic E-state index is 11.8. The Bertz CT molecular complexity index is 752. The van der Waals surface area contributed by atoms with E-state index in [1.165, 1.54) is 0 Å². The monoisotopic (exact) mass is 340 g/mol. The second-order valence-electron chi connectivity index (χ2n) is 5.53. The Morgan fingerprint density at radius 1 is 0.960 bits per heavy atom. The van der Waals surface area contributed by atoms with Crippen molar-refractivity contribution in [3.63, 3.8) is 0 Å². The maximum Gasteiger partial charge on any atom is 0.310 e. The summed E-state index contributed by atoms with van der Waals surface area (Å²) in [7, 11) is 1.54. The van der Waals surface area contributed by atoms with Gasteiger partial charge in [0.05, 0.1) is 6.42 Å². The van der Waals surface area contributed by atoms with E-state index in [9.17, 15) is 14.4 Å². The van der Waals surface area contributed by atoms with E-state index in [0.717, 1.165) is 11.1 Å². The summed E-state index contributed by atoms with van der Waals surface area (Å²) in [5, 5.41) is 5.12. The first kappa shape index (κ1) is 18.2. The first-order chi connectivity index (χ1) is 12.0. The predicted octanol–water partition coefficient (Wildman–Crippen LogP) is 2.08. The number of rotatable bonds is 6. The van der Waals surface area contributed by atoms with Gasteiger partial charge in [-0.2, -0.15) is 0 Å². The molecule has 2 aromatic rings. The molecule has 0 unspecified atom stereocenters. The summed E-state index contributed by atoms with van der Waals surface area (Å²) in [6.07, 6.45) is 0.119. The van der Waals surface area contributed by atoms with Crippen molar-refractivity contribution in [2.45, 2.75) is 13.3 Å². The lowest BCUT2D eigenvalue weighted by Gasteiger charge is -2.07. The number of anilines is 1. The second-order valence-corrected chi connectivity index (χ2v) is 5.53. The molecule has 0 aliphatic heterocycles. The molecule has 2 N–H and O–H groups in total. The van der Waals surface area contributed by atoms with Crippen molar-refractivity contribution < 1.29 is 19.1 Å². The molecule has 0 atom stereocenters. The second kappa shape index (κ2) is 8.63. The zero-order chi connectivity index (χ0) is 18.2. The van der Waals surface area contributed by atoms with Gasteiger partial charge in [0.1, 0.15) is 0 Å². The van der Waals surface area contributed by atoms with E-state index in [1.54, 1.807) is 31.3 Å². The van der Waals surface area contributed by atoms with Gasteiger partial charge >= 0.3 is 5.97 Å². The standard InChI is InChI=1S/C19H20N2O4/c1-13-3-5-14(6-4-13)11-18(23)25-12-17(22)21-16-9-7-15(8-10-16)19(24)20-2/h3-10H,11-12H2,1-2H3,(H,20,24)(H,21,22). The van der Waals surface area contributed by atoms with Crippen LogP contribution in [0.2, 0.25) is 0 Å². The zero-order valence-electron chi connectivity index (χ0n) is 14.2. The Hall–Kier alpha value is -3.15. The minimum Gasteiger partial charge on any atom is -0.455 e. The van der Waals surface area contributed by atoms with Gasteiger partial charge in [-0.05, 0) is 36.8 Å². The number of hydrogen-bond acceptors (Lipinski definition) is 4. The van der Waals surface area contributed by atoms with Crippen molar-refractivity contribution in [2.24, 2.45) is 0 Å². The summed E-state index contributed by atoms with van der Waals surface area (Å²) in [4.78, 5) is 35.0. The van der Waals surface area contributed by atoms with Gasteiger partial charge in [0.25, 0.3) is 11.8 Å². The van der Waals surface area contributed by atoms with Crippen molar-refractivity contribution in [3.05, 3.63) is 65.2 Å². The van der Waals surface area contributed by atoms with E-state index in [4.69, 9.17) is 4.74 Å². The molecular formula is C19H20N2O4. The normalized spacial score (nSPS) is 10.0. The lowest BCUT2D eigenvalue weighted by Crippen LogP contribution is -2.22. The summed E-state index contributed by atoms with van der Waals surface area (Å²) in [5.74, 6) is -1.11. The van der Waals surface area contributed by atoms with Crippen LogP contribution in [-0.2, 0) is 20.7 Å². The number of aryl methyl sites for hydroxylation is 1. The molecule has 0 aliphatic carbocycles. The number of amides is 2. The Kier molecular flexibility index (Phi) is 6.28. The Morgan fingerprint density at radius 3 is 2.20 bits per heavy atom. The highest BCUT2D eigenvalue weighted by Crippen LogP contribution is 2.09. The quantitative estimate of drug-likeness (QED) is 0.789. The molecular weight excluding hydrogens is 320 g/mol. The van der Waals surface area contributed by atoms with Crippen LogP contribution >= 0.6 is 0 Å². The smallest absolute Gasteiger partial charge is 0.310 e. The van der Waals surface area contributed by atoms with Crippen LogP contribution in [0, 0.1) is 6.92 Å². The highest BCUT2D eigenvalue weighted by molar-refractivity contribution is 5.96. The number of esters is 1. The number of hydrogen-bond donors (Lipinski definition) is 2. The summed E-state index contributed by atoms with van der Waals surface area (Å²) in [6.45, 7) is 1.61. The lowest BCUT2D eigenvalue weighted by molar-refractivity contribution is -0.146. The average Bonchev–Trinajstić information content (AvgIpc) is 2.62. The van der Waals surface area contributed by atoms with Gasteiger partial charge in [0.15, 0.2) is 6.61 Å². The van der Waals surface area contributed by atoms with E-state index >= 15 is 0 Å². The van der Waals surface area contributed by atoms with Crippen LogP contribution in [0.5, 0.6) is 0 Å². The van der Waals surface area contributed by atoms with Crippen LogP contribution in [0.15, 0.2) is 48.5 Å². The van der Waals surface area contributed by atoms with Gasteiger partial charge in [-0.25, -0.2) is 0 Å². The largest absolute Gasteiger partial charge is 0.455 e. The molecule has 0 aromatic heterocycles. The molecule has 6 nitrogen and oxygen atoms in total. The van der Waals surface area contributed by atoms with Crippen LogP contribution < -0.4 is 10.6 Å². The van der Waals surface area contributed by atoms with Crippen LogP contribution in [0.25, 0.3) is 0 Å². The predicted molar refractivity (Wildman–Crippen MR) is 94.3 cm³/mol. The van der Waals surface area contributed by atoms with Gasteiger partial charge in [-0.15, -0.1) is 0 Å².